The monoisotopic (exact) mass is 240 g/mol. The topological polar surface area (TPSA) is 144 Å². The summed E-state index contributed by atoms with van der Waals surface area (Å²) in [7, 11) is 0. The van der Waals surface area contributed by atoms with Gasteiger partial charge >= 0.3 is 12.0 Å². The van der Waals surface area contributed by atoms with Crippen molar-refractivity contribution in [3.63, 3.8) is 0 Å². The summed E-state index contributed by atoms with van der Waals surface area (Å²) in [4.78, 5) is 19.7. The molecule has 17 heavy (non-hydrogen) atoms. The van der Waals surface area contributed by atoms with Crippen LogP contribution in [0.15, 0.2) is 30.3 Å². The summed E-state index contributed by atoms with van der Waals surface area (Å²) in [5.41, 5.74) is 12.4. The molecule has 0 spiro atoms. The van der Waals surface area contributed by atoms with Crippen molar-refractivity contribution in [3.05, 3.63) is 35.9 Å². The van der Waals surface area contributed by atoms with Crippen molar-refractivity contribution in [1.82, 2.24) is 5.43 Å². The third-order valence-corrected chi connectivity index (χ3v) is 1.76. The van der Waals surface area contributed by atoms with Crippen LogP contribution in [0.2, 0.25) is 0 Å². The number of urea groups is 1. The Kier molecular flexibility index (Phi) is 7.07. The summed E-state index contributed by atoms with van der Waals surface area (Å²) in [6.45, 7) is 0. The van der Waals surface area contributed by atoms with Gasteiger partial charge in [-0.1, -0.05) is 30.3 Å². The molecule has 94 valence electrons. The van der Waals surface area contributed by atoms with Crippen LogP contribution in [0, 0.1) is 0 Å². The molecular formula is C10H16N4O3. The number of hydrogen-bond donors (Lipinski definition) is 5. The van der Waals surface area contributed by atoms with E-state index in [2.05, 4.69) is 11.6 Å². The summed E-state index contributed by atoms with van der Waals surface area (Å²) in [5.74, 6) is 3.49. The van der Waals surface area contributed by atoms with E-state index in [1.54, 1.807) is 5.43 Å². The van der Waals surface area contributed by atoms with Crippen molar-refractivity contribution in [1.29, 1.82) is 0 Å². The van der Waals surface area contributed by atoms with Crippen molar-refractivity contribution in [2.75, 3.05) is 0 Å². The van der Waals surface area contributed by atoms with Crippen molar-refractivity contribution in [3.8, 4) is 0 Å². The van der Waals surface area contributed by atoms with E-state index in [-0.39, 0.29) is 0 Å². The molecular weight excluding hydrogens is 224 g/mol. The summed E-state index contributed by atoms with van der Waals surface area (Å²) in [6.07, 6.45) is 0.385. The van der Waals surface area contributed by atoms with Gasteiger partial charge in [0.15, 0.2) is 0 Å². The van der Waals surface area contributed by atoms with Gasteiger partial charge in [0.2, 0.25) is 0 Å². The van der Waals surface area contributed by atoms with Crippen LogP contribution in [-0.2, 0) is 11.2 Å². The summed E-state index contributed by atoms with van der Waals surface area (Å²) in [5, 5.41) is 8.52. The zero-order chi connectivity index (χ0) is 13.3. The number of primary amides is 1. The van der Waals surface area contributed by atoms with Crippen LogP contribution >= 0.6 is 0 Å². The van der Waals surface area contributed by atoms with E-state index in [1.807, 2.05) is 30.3 Å². The first kappa shape index (κ1) is 14.9. The van der Waals surface area contributed by atoms with E-state index in [0.29, 0.717) is 6.42 Å². The van der Waals surface area contributed by atoms with Crippen LogP contribution in [0.1, 0.15) is 5.56 Å². The fourth-order valence-electron chi connectivity index (χ4n) is 0.955. The van der Waals surface area contributed by atoms with Crippen molar-refractivity contribution < 1.29 is 14.7 Å². The second-order valence-corrected chi connectivity index (χ2v) is 3.14. The Labute approximate surface area is 98.6 Å². The molecule has 0 saturated heterocycles. The Morgan fingerprint density at radius 1 is 1.29 bits per heavy atom. The first-order chi connectivity index (χ1) is 7.97. The highest BCUT2D eigenvalue weighted by Crippen LogP contribution is 2.01. The minimum Gasteiger partial charge on any atom is -0.480 e. The second-order valence-electron chi connectivity index (χ2n) is 3.14. The molecule has 0 aliphatic carbocycles. The van der Waals surface area contributed by atoms with Gasteiger partial charge in [-0.3, -0.25) is 10.2 Å². The quantitative estimate of drug-likeness (QED) is 0.266. The lowest BCUT2D eigenvalue weighted by molar-refractivity contribution is -0.138. The summed E-state index contributed by atoms with van der Waals surface area (Å²) >= 11 is 0. The lowest BCUT2D eigenvalue weighted by atomic mass is 10.1. The van der Waals surface area contributed by atoms with E-state index >= 15 is 0 Å². The van der Waals surface area contributed by atoms with E-state index in [9.17, 15) is 9.59 Å². The molecule has 8 N–H and O–H groups in total. The molecule has 1 rings (SSSR count). The van der Waals surface area contributed by atoms with Crippen LogP contribution in [0.4, 0.5) is 4.79 Å². The standard InChI is InChI=1S/C9H11NO2.CH5N3O/c10-8(9(11)12)6-7-4-2-1-3-5-7;2-1(5)4-3/h1-5,8H,6,10H2,(H,11,12);3H2,(H3,2,4,5)/t8-;/m0./s1. The number of nitrogens with two attached hydrogens (primary N) is 3. The van der Waals surface area contributed by atoms with Gasteiger partial charge in [-0.2, -0.15) is 0 Å². The van der Waals surface area contributed by atoms with Gasteiger partial charge in [-0.05, 0) is 12.0 Å². The Balaban J connectivity index is 0.000000437. The van der Waals surface area contributed by atoms with Gasteiger partial charge in [-0.25, -0.2) is 10.6 Å². The average Bonchev–Trinajstić information content (AvgIpc) is 2.31. The number of hydrazine groups is 1. The number of carbonyl (C=O) groups excluding carboxylic acids is 1. The minimum atomic E-state index is -0.959. The van der Waals surface area contributed by atoms with E-state index in [0.717, 1.165) is 5.56 Å². The van der Waals surface area contributed by atoms with Gasteiger partial charge in [0, 0.05) is 0 Å². The Morgan fingerprint density at radius 3 is 2.12 bits per heavy atom. The van der Waals surface area contributed by atoms with Crippen molar-refractivity contribution >= 4 is 12.0 Å². The highest BCUT2D eigenvalue weighted by Gasteiger charge is 2.10. The SMILES string of the molecule is NNC(N)=O.N[C@@H](Cc1ccccc1)C(=O)O. The number of nitrogens with one attached hydrogen (secondary N) is 1. The number of carboxylic acid groups (broad SMARTS) is 1. The Morgan fingerprint density at radius 2 is 1.76 bits per heavy atom. The number of benzene rings is 1. The van der Waals surface area contributed by atoms with Crippen LogP contribution in [0.3, 0.4) is 0 Å². The fraction of sp³-hybridized carbons (Fsp3) is 0.200. The van der Waals surface area contributed by atoms with Gasteiger partial charge in [0.1, 0.15) is 6.04 Å². The van der Waals surface area contributed by atoms with Crippen LogP contribution in [0.5, 0.6) is 0 Å². The molecule has 7 heteroatoms. The number of carbonyl (C=O) groups is 2. The molecule has 0 unspecified atom stereocenters. The third kappa shape index (κ3) is 7.77. The zero-order valence-corrected chi connectivity index (χ0v) is 9.17. The van der Waals surface area contributed by atoms with Gasteiger partial charge in [-0.15, -0.1) is 0 Å². The van der Waals surface area contributed by atoms with Crippen LogP contribution in [0.25, 0.3) is 0 Å². The molecule has 7 nitrogen and oxygen atoms in total. The maximum absolute atomic E-state index is 10.4. The number of rotatable bonds is 3. The van der Waals surface area contributed by atoms with E-state index in [4.69, 9.17) is 10.8 Å². The van der Waals surface area contributed by atoms with Crippen molar-refractivity contribution in [2.45, 2.75) is 12.5 Å². The molecule has 2 amide bonds. The molecule has 1 atom stereocenters. The van der Waals surface area contributed by atoms with E-state index < -0.39 is 18.0 Å². The molecule has 0 aliphatic heterocycles. The second kappa shape index (κ2) is 8.08. The summed E-state index contributed by atoms with van der Waals surface area (Å²) in [6, 6.07) is 7.83. The molecule has 0 fully saturated rings. The van der Waals surface area contributed by atoms with Crippen molar-refractivity contribution in [2.24, 2.45) is 17.3 Å². The third-order valence-electron chi connectivity index (χ3n) is 1.76. The molecule has 1 aromatic rings. The van der Waals surface area contributed by atoms with E-state index in [1.165, 1.54) is 0 Å². The molecule has 0 radical (unpaired) electrons. The minimum absolute atomic E-state index is 0.385. The fourth-order valence-corrected chi connectivity index (χ4v) is 0.955. The average molecular weight is 240 g/mol. The first-order valence-corrected chi connectivity index (χ1v) is 4.75. The smallest absolute Gasteiger partial charge is 0.326 e. The molecule has 0 heterocycles. The van der Waals surface area contributed by atoms with Gasteiger partial charge < -0.3 is 16.6 Å². The summed E-state index contributed by atoms with van der Waals surface area (Å²) < 4.78 is 0. The zero-order valence-electron chi connectivity index (χ0n) is 9.17. The molecule has 1 aromatic carbocycles. The lowest BCUT2D eigenvalue weighted by Gasteiger charge is -2.04. The predicted molar refractivity (Wildman–Crippen MR) is 62.7 cm³/mol. The molecule has 0 aromatic heterocycles. The predicted octanol–water partition coefficient (Wildman–Crippen LogP) is -0.831. The number of aliphatic carboxylic acids is 1. The maximum atomic E-state index is 10.4. The molecule has 0 saturated carbocycles. The highest BCUT2D eigenvalue weighted by molar-refractivity contribution is 5.73. The number of amides is 2. The molecule has 0 bridgehead atoms. The number of hydrogen-bond acceptors (Lipinski definition) is 4. The maximum Gasteiger partial charge on any atom is 0.326 e. The lowest BCUT2D eigenvalue weighted by Crippen LogP contribution is -2.34. The Hall–Kier alpha value is -2.12. The molecule has 0 aliphatic rings. The largest absolute Gasteiger partial charge is 0.480 e. The van der Waals surface area contributed by atoms with Gasteiger partial charge in [0.25, 0.3) is 0 Å². The van der Waals surface area contributed by atoms with Crippen LogP contribution < -0.4 is 22.7 Å². The number of carboxylic acids is 1. The normalized spacial score (nSPS) is 10.7. The highest BCUT2D eigenvalue weighted by atomic mass is 16.4. The Bertz CT molecular complexity index is 356. The van der Waals surface area contributed by atoms with Crippen LogP contribution in [-0.4, -0.2) is 23.1 Å². The first-order valence-electron chi connectivity index (χ1n) is 4.75. The van der Waals surface area contributed by atoms with Gasteiger partial charge in [0.05, 0.1) is 0 Å².